The maximum Gasteiger partial charge on any atom is 0.245 e. The van der Waals surface area contributed by atoms with Gasteiger partial charge in [-0.1, -0.05) is 26.0 Å². The molecule has 1 aliphatic heterocycles. The SMILES string of the molecule is CC1CCN(S(=O)(=O)c2ccccc2NN)CC1C. The first-order valence-corrected chi connectivity index (χ1v) is 7.96. The van der Waals surface area contributed by atoms with Gasteiger partial charge in [-0.15, -0.1) is 0 Å². The van der Waals surface area contributed by atoms with Crippen LogP contribution in [0.5, 0.6) is 0 Å². The Balaban J connectivity index is 2.32. The lowest BCUT2D eigenvalue weighted by Crippen LogP contribution is -2.42. The van der Waals surface area contributed by atoms with Crippen LogP contribution in [0.3, 0.4) is 0 Å². The van der Waals surface area contributed by atoms with Gasteiger partial charge < -0.3 is 5.43 Å². The zero-order valence-corrected chi connectivity index (χ0v) is 12.2. The number of nitrogens with two attached hydrogens (primary N) is 1. The molecule has 0 saturated carbocycles. The maximum absolute atomic E-state index is 12.6. The maximum atomic E-state index is 12.6. The summed E-state index contributed by atoms with van der Waals surface area (Å²) in [7, 11) is -3.47. The average Bonchev–Trinajstić information content (AvgIpc) is 2.41. The van der Waals surface area contributed by atoms with E-state index in [0.29, 0.717) is 30.6 Å². The normalized spacial score (nSPS) is 25.2. The van der Waals surface area contributed by atoms with E-state index >= 15 is 0 Å². The number of nitrogens with zero attached hydrogens (tertiary/aromatic N) is 1. The first-order chi connectivity index (χ1) is 8.96. The van der Waals surface area contributed by atoms with E-state index in [9.17, 15) is 8.42 Å². The molecule has 6 heteroatoms. The van der Waals surface area contributed by atoms with Gasteiger partial charge in [0, 0.05) is 13.1 Å². The summed E-state index contributed by atoms with van der Waals surface area (Å²) in [5.41, 5.74) is 2.89. The van der Waals surface area contributed by atoms with E-state index in [4.69, 9.17) is 5.84 Å². The third-order valence-corrected chi connectivity index (χ3v) is 5.88. The Labute approximate surface area is 114 Å². The lowest BCUT2D eigenvalue weighted by molar-refractivity contribution is 0.212. The number of hydrazine groups is 1. The van der Waals surface area contributed by atoms with Crippen LogP contribution >= 0.6 is 0 Å². The molecule has 0 aromatic heterocycles. The number of benzene rings is 1. The van der Waals surface area contributed by atoms with Gasteiger partial charge in [-0.25, -0.2) is 8.42 Å². The molecule has 2 unspecified atom stereocenters. The average molecular weight is 283 g/mol. The van der Waals surface area contributed by atoms with Crippen molar-refractivity contribution in [2.45, 2.75) is 25.2 Å². The van der Waals surface area contributed by atoms with Crippen LogP contribution in [-0.4, -0.2) is 25.8 Å². The largest absolute Gasteiger partial charge is 0.323 e. The van der Waals surface area contributed by atoms with E-state index < -0.39 is 10.0 Å². The van der Waals surface area contributed by atoms with E-state index in [1.807, 2.05) is 0 Å². The first-order valence-electron chi connectivity index (χ1n) is 6.52. The van der Waals surface area contributed by atoms with Crippen molar-refractivity contribution in [1.82, 2.24) is 4.31 Å². The Kier molecular flexibility index (Phi) is 4.13. The van der Waals surface area contributed by atoms with Crippen LogP contribution in [0, 0.1) is 11.8 Å². The smallest absolute Gasteiger partial charge is 0.245 e. The molecule has 0 spiro atoms. The van der Waals surface area contributed by atoms with Crippen LogP contribution in [0.25, 0.3) is 0 Å². The second-order valence-corrected chi connectivity index (χ2v) is 7.15. The third kappa shape index (κ3) is 2.75. The zero-order chi connectivity index (χ0) is 14.0. The van der Waals surface area contributed by atoms with Crippen molar-refractivity contribution in [2.75, 3.05) is 18.5 Å². The molecule has 1 saturated heterocycles. The van der Waals surface area contributed by atoms with Gasteiger partial charge in [0.05, 0.1) is 5.69 Å². The number of rotatable bonds is 3. The Morgan fingerprint density at radius 2 is 1.95 bits per heavy atom. The number of anilines is 1. The predicted molar refractivity (Wildman–Crippen MR) is 76.0 cm³/mol. The minimum atomic E-state index is -3.47. The summed E-state index contributed by atoms with van der Waals surface area (Å²) in [6.45, 7) is 5.42. The molecule has 0 amide bonds. The van der Waals surface area contributed by atoms with Gasteiger partial charge in [0.1, 0.15) is 4.90 Å². The number of hydrogen-bond acceptors (Lipinski definition) is 4. The number of piperidine rings is 1. The minimum absolute atomic E-state index is 0.249. The molecule has 0 bridgehead atoms. The van der Waals surface area contributed by atoms with Gasteiger partial charge >= 0.3 is 0 Å². The molecule has 19 heavy (non-hydrogen) atoms. The molecule has 1 aromatic carbocycles. The van der Waals surface area contributed by atoms with Crippen molar-refractivity contribution < 1.29 is 8.42 Å². The van der Waals surface area contributed by atoms with Gasteiger partial charge in [0.2, 0.25) is 10.0 Å². The lowest BCUT2D eigenvalue weighted by atomic mass is 9.90. The molecule has 0 radical (unpaired) electrons. The molecule has 2 atom stereocenters. The van der Waals surface area contributed by atoms with Gasteiger partial charge in [-0.3, -0.25) is 5.84 Å². The summed E-state index contributed by atoms with van der Waals surface area (Å²) < 4.78 is 26.9. The first kappa shape index (κ1) is 14.3. The monoisotopic (exact) mass is 283 g/mol. The lowest BCUT2D eigenvalue weighted by Gasteiger charge is -2.34. The fraction of sp³-hybridized carbons (Fsp3) is 0.538. The Bertz CT molecular complexity index is 545. The number of hydrogen-bond donors (Lipinski definition) is 2. The van der Waals surface area contributed by atoms with E-state index in [1.54, 1.807) is 28.6 Å². The fourth-order valence-electron chi connectivity index (χ4n) is 2.39. The highest BCUT2D eigenvalue weighted by Gasteiger charge is 2.32. The zero-order valence-electron chi connectivity index (χ0n) is 11.3. The van der Waals surface area contributed by atoms with Crippen molar-refractivity contribution in [1.29, 1.82) is 0 Å². The van der Waals surface area contributed by atoms with E-state index in [2.05, 4.69) is 19.3 Å². The Morgan fingerprint density at radius 3 is 2.58 bits per heavy atom. The molecular weight excluding hydrogens is 262 g/mol. The number of para-hydroxylation sites is 1. The van der Waals surface area contributed by atoms with Crippen molar-refractivity contribution in [3.63, 3.8) is 0 Å². The van der Waals surface area contributed by atoms with Gasteiger partial charge in [0.15, 0.2) is 0 Å². The van der Waals surface area contributed by atoms with Crippen LogP contribution in [0.4, 0.5) is 5.69 Å². The summed E-state index contributed by atoms with van der Waals surface area (Å²) in [4.78, 5) is 0.249. The Morgan fingerprint density at radius 1 is 1.26 bits per heavy atom. The van der Waals surface area contributed by atoms with Crippen LogP contribution in [-0.2, 0) is 10.0 Å². The predicted octanol–water partition coefficient (Wildman–Crippen LogP) is 1.64. The fourth-order valence-corrected chi connectivity index (χ4v) is 4.10. The topological polar surface area (TPSA) is 75.4 Å². The molecule has 106 valence electrons. The standard InChI is InChI=1S/C13H21N3O2S/c1-10-7-8-16(9-11(10)2)19(17,18)13-6-4-3-5-12(13)15-14/h3-6,10-11,15H,7-9,14H2,1-2H3. The molecule has 2 rings (SSSR count). The summed E-state index contributed by atoms with van der Waals surface area (Å²) in [6, 6.07) is 6.73. The highest BCUT2D eigenvalue weighted by molar-refractivity contribution is 7.89. The number of nitrogen functional groups attached to an aromatic ring is 1. The quantitative estimate of drug-likeness (QED) is 0.653. The van der Waals surface area contributed by atoms with Crippen LogP contribution < -0.4 is 11.3 Å². The second kappa shape index (κ2) is 5.48. The van der Waals surface area contributed by atoms with E-state index in [0.717, 1.165) is 6.42 Å². The highest BCUT2D eigenvalue weighted by atomic mass is 32.2. The van der Waals surface area contributed by atoms with Crippen LogP contribution in [0.2, 0.25) is 0 Å². The number of nitrogens with one attached hydrogen (secondary N) is 1. The third-order valence-electron chi connectivity index (χ3n) is 3.96. The molecule has 0 aliphatic carbocycles. The minimum Gasteiger partial charge on any atom is -0.323 e. The molecule has 1 aliphatic rings. The van der Waals surface area contributed by atoms with Crippen molar-refractivity contribution in [2.24, 2.45) is 17.7 Å². The molecule has 1 aromatic rings. The van der Waals surface area contributed by atoms with Crippen molar-refractivity contribution in [3.8, 4) is 0 Å². The molecule has 1 heterocycles. The van der Waals surface area contributed by atoms with E-state index in [1.165, 1.54) is 0 Å². The molecule has 5 nitrogen and oxygen atoms in total. The molecular formula is C13H21N3O2S. The summed E-state index contributed by atoms with van der Waals surface area (Å²) in [5.74, 6) is 6.33. The molecule has 3 N–H and O–H groups in total. The number of sulfonamides is 1. The molecule has 1 fully saturated rings. The van der Waals surface area contributed by atoms with Gasteiger partial charge in [-0.2, -0.15) is 4.31 Å². The summed E-state index contributed by atoms with van der Waals surface area (Å²) >= 11 is 0. The van der Waals surface area contributed by atoms with Crippen molar-refractivity contribution >= 4 is 15.7 Å². The Hall–Kier alpha value is -1.11. The summed E-state index contributed by atoms with van der Waals surface area (Å²) in [5, 5.41) is 0. The van der Waals surface area contributed by atoms with Crippen LogP contribution in [0.1, 0.15) is 20.3 Å². The van der Waals surface area contributed by atoms with Crippen molar-refractivity contribution in [3.05, 3.63) is 24.3 Å². The second-order valence-electron chi connectivity index (χ2n) is 5.25. The van der Waals surface area contributed by atoms with Gasteiger partial charge in [-0.05, 0) is 30.4 Å². The summed E-state index contributed by atoms with van der Waals surface area (Å²) in [6.07, 6.45) is 0.901. The van der Waals surface area contributed by atoms with Gasteiger partial charge in [0.25, 0.3) is 0 Å². The highest BCUT2D eigenvalue weighted by Crippen LogP contribution is 2.29. The van der Waals surface area contributed by atoms with E-state index in [-0.39, 0.29) is 4.90 Å². The van der Waals surface area contributed by atoms with Crippen LogP contribution in [0.15, 0.2) is 29.2 Å².